The van der Waals surface area contributed by atoms with Crippen molar-refractivity contribution in [2.45, 2.75) is 84.0 Å². The molecule has 0 atom stereocenters. The zero-order chi connectivity index (χ0) is 14.8. The minimum absolute atomic E-state index is 0. The second-order valence-electron chi connectivity index (χ2n) is 6.02. The molecule has 3 heteroatoms. The third kappa shape index (κ3) is 36.3. The maximum absolute atomic E-state index is 5.45. The van der Waals surface area contributed by atoms with Crippen molar-refractivity contribution in [1.29, 1.82) is 0 Å². The van der Waals surface area contributed by atoms with Crippen molar-refractivity contribution in [2.75, 3.05) is 27.7 Å². The Morgan fingerprint density at radius 3 is 1.10 bits per heavy atom. The van der Waals surface area contributed by atoms with Gasteiger partial charge in [-0.1, -0.05) is 77.6 Å². The predicted molar refractivity (Wildman–Crippen MR) is 105 cm³/mol. The molecular weight excluding hydrogens is 359 g/mol. The van der Waals surface area contributed by atoms with Gasteiger partial charge < -0.3 is 10.6 Å². The Balaban J connectivity index is -0.000000508. The van der Waals surface area contributed by atoms with E-state index in [1.54, 1.807) is 0 Å². The van der Waals surface area contributed by atoms with Gasteiger partial charge in [-0.15, -0.1) is 24.0 Å². The molecule has 0 amide bonds. The smallest absolute Gasteiger partial charge is 0.00773 e. The molecule has 0 unspecified atom stereocenters. The Morgan fingerprint density at radius 1 is 0.600 bits per heavy atom. The minimum atomic E-state index is 0. The van der Waals surface area contributed by atoms with Gasteiger partial charge in [-0.3, -0.25) is 0 Å². The molecule has 0 aromatic heterocycles. The monoisotopic (exact) mass is 400 g/mol. The first-order valence-corrected chi connectivity index (χ1v) is 8.46. The fourth-order valence-electron chi connectivity index (χ4n) is 1.99. The lowest BCUT2D eigenvalue weighted by Gasteiger charge is -2.01. The third-order valence-electron chi connectivity index (χ3n) is 3.06. The molecule has 0 rings (SSSR count). The van der Waals surface area contributed by atoms with Crippen LogP contribution in [0.5, 0.6) is 0 Å². The van der Waals surface area contributed by atoms with Crippen LogP contribution in [0.1, 0.15) is 84.0 Å². The van der Waals surface area contributed by atoms with Crippen LogP contribution < -0.4 is 5.73 Å². The fourth-order valence-corrected chi connectivity index (χ4v) is 1.99. The summed E-state index contributed by atoms with van der Waals surface area (Å²) in [6.45, 7) is 3.15. The molecule has 0 fully saturated rings. The minimum Gasteiger partial charge on any atom is -0.330 e. The molecule has 0 heterocycles. The van der Waals surface area contributed by atoms with Crippen LogP contribution in [0, 0.1) is 0 Å². The molecular formula is C17H41IN2. The van der Waals surface area contributed by atoms with Gasteiger partial charge in [-0.2, -0.15) is 0 Å². The van der Waals surface area contributed by atoms with E-state index in [2.05, 4.69) is 6.92 Å². The van der Waals surface area contributed by atoms with Crippen molar-refractivity contribution in [3.63, 3.8) is 0 Å². The Labute approximate surface area is 146 Å². The number of halogens is 1. The summed E-state index contributed by atoms with van der Waals surface area (Å²) >= 11 is 0. The van der Waals surface area contributed by atoms with E-state index in [-0.39, 0.29) is 24.0 Å². The number of rotatable bonds is 12. The lowest BCUT2D eigenvalue weighted by molar-refractivity contribution is 0.505. The molecule has 0 saturated heterocycles. The molecule has 0 saturated carbocycles. The highest BCUT2D eigenvalue weighted by atomic mass is 127. The zero-order valence-electron chi connectivity index (χ0n) is 14.6. The van der Waals surface area contributed by atoms with Crippen molar-refractivity contribution < 1.29 is 0 Å². The van der Waals surface area contributed by atoms with E-state index >= 15 is 0 Å². The first kappa shape index (κ1) is 25.6. The maximum Gasteiger partial charge on any atom is -0.00773 e. The van der Waals surface area contributed by atoms with Gasteiger partial charge in [-0.25, -0.2) is 0 Å². The largest absolute Gasteiger partial charge is 0.330 e. The summed E-state index contributed by atoms with van der Waals surface area (Å²) in [4.78, 5) is 2.00. The van der Waals surface area contributed by atoms with Crippen LogP contribution in [0.2, 0.25) is 0 Å². The van der Waals surface area contributed by atoms with Crippen molar-refractivity contribution in [2.24, 2.45) is 5.73 Å². The highest BCUT2D eigenvalue weighted by Crippen LogP contribution is 2.11. The van der Waals surface area contributed by atoms with Gasteiger partial charge in [0.1, 0.15) is 0 Å². The Hall–Kier alpha value is 0.650. The van der Waals surface area contributed by atoms with Crippen LogP contribution in [-0.2, 0) is 0 Å². The van der Waals surface area contributed by atoms with E-state index in [1.165, 1.54) is 77.0 Å². The molecule has 0 bridgehead atoms. The van der Waals surface area contributed by atoms with Gasteiger partial charge in [0.15, 0.2) is 0 Å². The summed E-state index contributed by atoms with van der Waals surface area (Å²) in [7, 11) is 6.00. The highest BCUT2D eigenvalue weighted by molar-refractivity contribution is 14.0. The van der Waals surface area contributed by atoms with Gasteiger partial charge >= 0.3 is 0 Å². The van der Waals surface area contributed by atoms with E-state index in [1.807, 2.05) is 26.0 Å². The summed E-state index contributed by atoms with van der Waals surface area (Å²) in [6, 6.07) is 0. The van der Waals surface area contributed by atoms with E-state index in [9.17, 15) is 0 Å². The van der Waals surface area contributed by atoms with Crippen molar-refractivity contribution in [1.82, 2.24) is 4.90 Å². The molecule has 2 N–H and O–H groups in total. The number of hydrogen-bond acceptors (Lipinski definition) is 2. The SMILES string of the molecule is CCCCCCCCCCCCCCN.CN(C)C.I. The standard InChI is InChI=1S/C14H31N.C3H9N.HI/c1-2-3-4-5-6-7-8-9-10-11-12-13-14-15;1-4(2)3;/h2-15H2,1H3;1-3H3;1H. The molecule has 0 radical (unpaired) electrons. The zero-order valence-corrected chi connectivity index (χ0v) is 17.0. The summed E-state index contributed by atoms with van der Waals surface area (Å²) in [5, 5.41) is 0. The Morgan fingerprint density at radius 2 is 0.850 bits per heavy atom. The van der Waals surface area contributed by atoms with Crippen LogP contribution in [0.25, 0.3) is 0 Å². The number of nitrogens with two attached hydrogens (primary N) is 1. The van der Waals surface area contributed by atoms with Crippen molar-refractivity contribution in [3.05, 3.63) is 0 Å². The van der Waals surface area contributed by atoms with Crippen molar-refractivity contribution >= 4 is 24.0 Å². The second kappa shape index (κ2) is 24.7. The molecule has 0 aliphatic rings. The van der Waals surface area contributed by atoms with Gasteiger partial charge in [0.05, 0.1) is 0 Å². The van der Waals surface area contributed by atoms with Gasteiger partial charge in [0.2, 0.25) is 0 Å². The van der Waals surface area contributed by atoms with Gasteiger partial charge in [-0.05, 0) is 34.1 Å². The number of unbranched alkanes of at least 4 members (excludes halogenated alkanes) is 11. The number of hydrogen-bond donors (Lipinski definition) is 1. The second-order valence-corrected chi connectivity index (χ2v) is 6.02. The molecule has 2 nitrogen and oxygen atoms in total. The molecule has 126 valence electrons. The topological polar surface area (TPSA) is 29.3 Å². The molecule has 0 aliphatic heterocycles. The fraction of sp³-hybridized carbons (Fsp3) is 1.00. The Kier molecular flexibility index (Phi) is 31.6. The van der Waals surface area contributed by atoms with Gasteiger partial charge in [0.25, 0.3) is 0 Å². The van der Waals surface area contributed by atoms with Crippen LogP contribution in [0.15, 0.2) is 0 Å². The summed E-state index contributed by atoms with van der Waals surface area (Å²) in [5.74, 6) is 0. The highest BCUT2D eigenvalue weighted by Gasteiger charge is 1.92. The summed E-state index contributed by atoms with van der Waals surface area (Å²) < 4.78 is 0. The molecule has 20 heavy (non-hydrogen) atoms. The Bertz CT molecular complexity index is 126. The normalized spacial score (nSPS) is 9.90. The van der Waals surface area contributed by atoms with Crippen LogP contribution >= 0.6 is 24.0 Å². The quantitative estimate of drug-likeness (QED) is 0.349. The van der Waals surface area contributed by atoms with Crippen LogP contribution in [0.4, 0.5) is 0 Å². The maximum atomic E-state index is 5.45. The van der Waals surface area contributed by atoms with Crippen LogP contribution in [-0.4, -0.2) is 32.6 Å². The lowest BCUT2D eigenvalue weighted by atomic mass is 10.1. The molecule has 0 aromatic carbocycles. The van der Waals surface area contributed by atoms with Crippen LogP contribution in [0.3, 0.4) is 0 Å². The molecule has 0 spiro atoms. The third-order valence-corrected chi connectivity index (χ3v) is 3.06. The summed E-state index contributed by atoms with van der Waals surface area (Å²) in [6.07, 6.45) is 16.9. The average Bonchev–Trinajstić information content (AvgIpc) is 2.35. The first-order valence-electron chi connectivity index (χ1n) is 8.46. The van der Waals surface area contributed by atoms with Gasteiger partial charge in [0, 0.05) is 0 Å². The van der Waals surface area contributed by atoms with E-state index in [0.29, 0.717) is 0 Å². The lowest BCUT2D eigenvalue weighted by Crippen LogP contribution is -1.99. The predicted octanol–water partition coefficient (Wildman–Crippen LogP) is 5.44. The van der Waals surface area contributed by atoms with E-state index in [4.69, 9.17) is 5.73 Å². The number of nitrogens with zero attached hydrogens (tertiary/aromatic N) is 1. The van der Waals surface area contributed by atoms with Crippen molar-refractivity contribution in [3.8, 4) is 0 Å². The average molecular weight is 400 g/mol. The van der Waals surface area contributed by atoms with E-state index < -0.39 is 0 Å². The first-order chi connectivity index (χ1) is 9.15. The molecule has 0 aliphatic carbocycles. The summed E-state index contributed by atoms with van der Waals surface area (Å²) in [5.41, 5.74) is 5.45. The van der Waals surface area contributed by atoms with E-state index in [0.717, 1.165) is 6.54 Å². The molecule has 0 aromatic rings.